The first kappa shape index (κ1) is 14.2. The van der Waals surface area contributed by atoms with Gasteiger partial charge in [-0.05, 0) is 43.9 Å². The van der Waals surface area contributed by atoms with Crippen LogP contribution in [-0.2, 0) is 0 Å². The fourth-order valence-corrected chi connectivity index (χ4v) is 6.68. The van der Waals surface area contributed by atoms with E-state index in [1.54, 1.807) is 4.90 Å². The summed E-state index contributed by atoms with van der Waals surface area (Å²) < 4.78 is 0. The summed E-state index contributed by atoms with van der Waals surface area (Å²) in [7, 11) is 0. The van der Waals surface area contributed by atoms with E-state index in [9.17, 15) is 0 Å². The number of thioether (sulfide) groups is 1. The largest absolute Gasteiger partial charge is 0.308 e. The molecule has 6 unspecified atom stereocenters. The molecule has 0 amide bonds. The van der Waals surface area contributed by atoms with Gasteiger partial charge >= 0.3 is 0 Å². The van der Waals surface area contributed by atoms with Gasteiger partial charge in [-0.25, -0.2) is 0 Å². The number of hydrogen-bond donors (Lipinski definition) is 2. The lowest BCUT2D eigenvalue weighted by atomic mass is 9.76. The summed E-state index contributed by atoms with van der Waals surface area (Å²) in [5.74, 6) is 2.80. The molecule has 1 heterocycles. The lowest BCUT2D eigenvalue weighted by Gasteiger charge is -2.36. The van der Waals surface area contributed by atoms with E-state index in [0.29, 0.717) is 5.50 Å². The van der Waals surface area contributed by atoms with E-state index >= 15 is 0 Å². The highest BCUT2D eigenvalue weighted by atomic mass is 32.2. The molecule has 0 spiro atoms. The third-order valence-corrected chi connectivity index (χ3v) is 7.18. The highest BCUT2D eigenvalue weighted by Gasteiger charge is 2.46. The van der Waals surface area contributed by atoms with Gasteiger partial charge in [-0.3, -0.25) is 5.73 Å². The Morgan fingerprint density at radius 3 is 2.47 bits per heavy atom. The molecule has 2 nitrogen and oxygen atoms in total. The maximum absolute atomic E-state index is 6.45. The van der Waals surface area contributed by atoms with E-state index in [-0.39, 0.29) is 0 Å². The van der Waals surface area contributed by atoms with Crippen LogP contribution in [0.4, 0.5) is 0 Å². The second-order valence-corrected chi connectivity index (χ2v) is 8.93. The zero-order valence-corrected chi connectivity index (χ0v) is 13.4. The van der Waals surface area contributed by atoms with Crippen LogP contribution >= 0.6 is 11.8 Å². The molecule has 2 aliphatic carbocycles. The van der Waals surface area contributed by atoms with Crippen LogP contribution in [0.15, 0.2) is 0 Å². The Hall–Kier alpha value is 0.270. The van der Waals surface area contributed by atoms with Gasteiger partial charge in [0.25, 0.3) is 0 Å². The summed E-state index contributed by atoms with van der Waals surface area (Å²) in [6.45, 7) is 6.24. The molecule has 2 saturated carbocycles. The van der Waals surface area contributed by atoms with Crippen LogP contribution in [0.1, 0.15) is 58.8 Å². The third kappa shape index (κ3) is 3.14. The van der Waals surface area contributed by atoms with Crippen molar-refractivity contribution in [2.75, 3.05) is 6.54 Å². The zero-order valence-electron chi connectivity index (χ0n) is 12.6. The zero-order chi connectivity index (χ0) is 13.4. The van der Waals surface area contributed by atoms with Crippen molar-refractivity contribution in [3.8, 4) is 0 Å². The van der Waals surface area contributed by atoms with Crippen LogP contribution in [0.5, 0.6) is 0 Å². The van der Waals surface area contributed by atoms with Gasteiger partial charge in [-0.15, -0.1) is 0 Å². The molecule has 0 bridgehead atoms. The molecule has 3 N–H and O–H groups in total. The van der Waals surface area contributed by atoms with E-state index in [1.807, 2.05) is 0 Å². The van der Waals surface area contributed by atoms with Crippen LogP contribution < -0.4 is 10.6 Å². The highest BCUT2D eigenvalue weighted by molar-refractivity contribution is 8.00. The Balaban J connectivity index is 1.61. The molecular formula is C16H31N2S+. The molecule has 0 radical (unpaired) electrons. The molecule has 19 heavy (non-hydrogen) atoms. The maximum Gasteiger partial charge on any atom is 0.187 e. The normalized spacial score (nSPS) is 51.0. The van der Waals surface area contributed by atoms with Crippen molar-refractivity contribution in [3.63, 3.8) is 0 Å². The molecule has 0 aromatic carbocycles. The summed E-state index contributed by atoms with van der Waals surface area (Å²) in [5.41, 5.74) is 6.81. The predicted octanol–water partition coefficient (Wildman–Crippen LogP) is 2.24. The summed E-state index contributed by atoms with van der Waals surface area (Å²) in [4.78, 5) is 1.75. The Kier molecular flexibility index (Phi) is 4.45. The molecular weight excluding hydrogens is 252 g/mol. The summed E-state index contributed by atoms with van der Waals surface area (Å²) in [6.07, 6.45) is 10.1. The van der Waals surface area contributed by atoms with Crippen molar-refractivity contribution in [2.45, 2.75) is 75.6 Å². The SMILES string of the molecule is CC1CC(C)CC(C[NH+]2C(N)SC3CCCCC32)C1. The molecule has 3 heteroatoms. The predicted molar refractivity (Wildman–Crippen MR) is 83.1 cm³/mol. The minimum atomic E-state index is 0.362. The van der Waals surface area contributed by atoms with Crippen LogP contribution in [0.2, 0.25) is 0 Å². The average Bonchev–Trinajstić information content (AvgIpc) is 2.65. The molecule has 3 aliphatic rings. The van der Waals surface area contributed by atoms with Crippen molar-refractivity contribution in [1.82, 2.24) is 0 Å². The van der Waals surface area contributed by atoms with Crippen molar-refractivity contribution >= 4 is 11.8 Å². The summed E-state index contributed by atoms with van der Waals surface area (Å²) >= 11 is 2.09. The topological polar surface area (TPSA) is 30.5 Å². The molecule has 0 aromatic rings. The monoisotopic (exact) mass is 283 g/mol. The lowest BCUT2D eigenvalue weighted by Crippen LogP contribution is -3.19. The average molecular weight is 284 g/mol. The third-order valence-electron chi connectivity index (χ3n) is 5.67. The Labute approximate surface area is 122 Å². The number of quaternary nitrogens is 1. The number of hydrogen-bond acceptors (Lipinski definition) is 2. The Bertz CT molecular complexity index is 299. The van der Waals surface area contributed by atoms with Crippen molar-refractivity contribution in [1.29, 1.82) is 0 Å². The molecule has 3 rings (SSSR count). The second-order valence-electron chi connectivity index (χ2n) is 7.55. The number of fused-ring (bicyclic) bond motifs is 1. The van der Waals surface area contributed by atoms with Crippen LogP contribution in [0.25, 0.3) is 0 Å². The van der Waals surface area contributed by atoms with E-state index < -0.39 is 0 Å². The van der Waals surface area contributed by atoms with E-state index in [0.717, 1.165) is 29.0 Å². The number of nitrogens with one attached hydrogen (secondary N) is 1. The molecule has 1 saturated heterocycles. The van der Waals surface area contributed by atoms with Crippen molar-refractivity contribution < 1.29 is 4.90 Å². The van der Waals surface area contributed by atoms with E-state index in [2.05, 4.69) is 25.6 Å². The molecule has 110 valence electrons. The first-order valence-electron chi connectivity index (χ1n) is 8.40. The van der Waals surface area contributed by atoms with Gasteiger partial charge in [0.05, 0.1) is 11.8 Å². The van der Waals surface area contributed by atoms with Gasteiger partial charge in [0, 0.05) is 12.3 Å². The van der Waals surface area contributed by atoms with Gasteiger partial charge in [0.1, 0.15) is 6.04 Å². The van der Waals surface area contributed by atoms with E-state index in [1.165, 1.54) is 51.5 Å². The Morgan fingerprint density at radius 1 is 1.05 bits per heavy atom. The van der Waals surface area contributed by atoms with Gasteiger partial charge < -0.3 is 4.90 Å². The van der Waals surface area contributed by atoms with Crippen molar-refractivity contribution in [2.24, 2.45) is 23.5 Å². The van der Waals surface area contributed by atoms with Gasteiger partial charge in [0.15, 0.2) is 5.50 Å². The lowest BCUT2D eigenvalue weighted by molar-refractivity contribution is -0.933. The Morgan fingerprint density at radius 2 is 1.74 bits per heavy atom. The number of rotatable bonds is 2. The molecule has 1 aliphatic heterocycles. The minimum absolute atomic E-state index is 0.362. The maximum atomic E-state index is 6.45. The fourth-order valence-electron chi connectivity index (χ4n) is 5.05. The molecule has 0 aromatic heterocycles. The fraction of sp³-hybridized carbons (Fsp3) is 1.00. The van der Waals surface area contributed by atoms with E-state index in [4.69, 9.17) is 5.73 Å². The van der Waals surface area contributed by atoms with Crippen molar-refractivity contribution in [3.05, 3.63) is 0 Å². The minimum Gasteiger partial charge on any atom is -0.308 e. The summed E-state index contributed by atoms with van der Waals surface area (Å²) in [6, 6.07) is 0.876. The standard InChI is InChI=1S/C16H30N2S/c1-11-7-12(2)9-13(8-11)10-18-14-5-3-4-6-15(14)19-16(18)17/h11-16H,3-10,17H2,1-2H3/p+1. The summed E-state index contributed by atoms with van der Waals surface area (Å²) in [5, 5.41) is 0.872. The van der Waals surface area contributed by atoms with Gasteiger partial charge in [0.2, 0.25) is 0 Å². The molecule has 6 atom stereocenters. The first-order chi connectivity index (χ1) is 9.13. The highest BCUT2D eigenvalue weighted by Crippen LogP contribution is 2.35. The van der Waals surface area contributed by atoms with Gasteiger partial charge in [-0.1, -0.05) is 32.0 Å². The number of nitrogens with two attached hydrogens (primary N) is 1. The first-order valence-corrected chi connectivity index (χ1v) is 9.34. The molecule has 3 fully saturated rings. The quantitative estimate of drug-likeness (QED) is 0.814. The second kappa shape index (κ2) is 5.95. The van der Waals surface area contributed by atoms with Crippen LogP contribution in [-0.4, -0.2) is 23.3 Å². The smallest absolute Gasteiger partial charge is 0.187 e. The van der Waals surface area contributed by atoms with Crippen LogP contribution in [0, 0.1) is 17.8 Å². The van der Waals surface area contributed by atoms with Gasteiger partial charge in [-0.2, -0.15) is 0 Å². The van der Waals surface area contributed by atoms with Crippen LogP contribution in [0.3, 0.4) is 0 Å².